The van der Waals surface area contributed by atoms with E-state index in [-0.39, 0.29) is 66.7 Å². The summed E-state index contributed by atoms with van der Waals surface area (Å²) in [5.41, 5.74) is 11.0. The molecule has 3 fully saturated rings. The Morgan fingerprint density at radius 3 is 2.44 bits per heavy atom. The smallest absolute Gasteiger partial charge is 0.347 e. The van der Waals surface area contributed by atoms with Crippen LogP contribution in [0, 0.1) is 0 Å². The van der Waals surface area contributed by atoms with Gasteiger partial charge in [0.05, 0.1) is 24.2 Å². The molecule has 1 aromatic rings. The normalized spacial score (nSPS) is 30.7. The van der Waals surface area contributed by atoms with Crippen molar-refractivity contribution in [2.45, 2.75) is 48.8 Å². The molecular weight excluding hydrogens is 510 g/mol. The van der Waals surface area contributed by atoms with Crippen LogP contribution in [0.5, 0.6) is 0 Å². The van der Waals surface area contributed by atoms with Crippen molar-refractivity contribution in [2.24, 2.45) is 11.5 Å². The Balaban J connectivity index is 1.30. The fraction of sp³-hybridized carbons (Fsp3) is 0.500. The largest absolute Gasteiger partial charge is 0.358 e. The predicted octanol–water partition coefficient (Wildman–Crippen LogP) is -6.16. The van der Waals surface area contributed by atoms with Crippen molar-refractivity contribution in [3.05, 3.63) is 35.4 Å². The van der Waals surface area contributed by atoms with Gasteiger partial charge >= 0.3 is 11.9 Å². The maximum absolute atomic E-state index is 13.4. The van der Waals surface area contributed by atoms with E-state index >= 15 is 0 Å². The molecule has 5 heterocycles. The first-order valence-electron chi connectivity index (χ1n) is 12.9. The number of nitrogens with one attached hydrogen (secondary N) is 4. The maximum Gasteiger partial charge on any atom is 0.347 e. The van der Waals surface area contributed by atoms with E-state index in [2.05, 4.69) is 20.9 Å². The molecule has 0 saturated carbocycles. The molecule has 10 N–H and O–H groups in total. The van der Waals surface area contributed by atoms with Crippen LogP contribution >= 0.6 is 0 Å². The number of amides is 4. The lowest BCUT2D eigenvalue weighted by Crippen LogP contribution is -2.92. The van der Waals surface area contributed by atoms with E-state index in [1.807, 2.05) is 0 Å². The van der Waals surface area contributed by atoms with Crippen molar-refractivity contribution >= 4 is 35.5 Å². The van der Waals surface area contributed by atoms with Gasteiger partial charge in [0.15, 0.2) is 6.04 Å². The highest BCUT2D eigenvalue weighted by molar-refractivity contribution is 6.07. The second-order valence-corrected chi connectivity index (χ2v) is 10.5. The quantitative estimate of drug-likeness (QED) is 0.100. The van der Waals surface area contributed by atoms with Crippen molar-refractivity contribution in [3.63, 3.8) is 0 Å². The van der Waals surface area contributed by atoms with Crippen LogP contribution in [0.1, 0.15) is 40.0 Å². The van der Waals surface area contributed by atoms with Crippen LogP contribution in [-0.4, -0.2) is 116 Å². The summed E-state index contributed by atoms with van der Waals surface area (Å²) in [6.07, 6.45) is 1.10. The summed E-state index contributed by atoms with van der Waals surface area (Å²) in [5.74, 6) is -4.18. The molecule has 0 bridgehead atoms. The van der Waals surface area contributed by atoms with Crippen LogP contribution in [0.4, 0.5) is 0 Å². The summed E-state index contributed by atoms with van der Waals surface area (Å²) >= 11 is 0. The lowest BCUT2D eigenvalue weighted by Gasteiger charge is -2.41. The van der Waals surface area contributed by atoms with Crippen LogP contribution in [0.3, 0.4) is 0 Å². The molecule has 4 amide bonds. The minimum absolute atomic E-state index is 0.0236. The average Bonchev–Trinajstić information content (AvgIpc) is 3.46. The van der Waals surface area contributed by atoms with Crippen LogP contribution < -0.4 is 32.4 Å². The molecule has 206 valence electrons. The maximum atomic E-state index is 13.4. The number of nitrogens with zero attached hydrogens (tertiary/aromatic N) is 3. The van der Waals surface area contributed by atoms with E-state index in [0.29, 0.717) is 13.1 Å². The first-order chi connectivity index (χ1) is 18.5. The molecule has 1 aromatic carbocycles. The number of nitrogens with two attached hydrogens (primary N) is 2. The Morgan fingerprint density at radius 1 is 1.13 bits per heavy atom. The second-order valence-electron chi connectivity index (χ2n) is 10.5. The monoisotopic (exact) mass is 541 g/mol. The average molecular weight is 542 g/mol. The summed E-state index contributed by atoms with van der Waals surface area (Å²) < 4.78 is 1.46. The zero-order valence-electron chi connectivity index (χ0n) is 21.0. The number of benzene rings is 1. The molecule has 5 aliphatic rings. The number of aliphatic hydroxyl groups is 2. The van der Waals surface area contributed by atoms with Crippen molar-refractivity contribution < 1.29 is 39.0 Å². The van der Waals surface area contributed by atoms with Gasteiger partial charge in [-0.05, 0) is 18.6 Å². The predicted molar refractivity (Wildman–Crippen MR) is 132 cm³/mol. The van der Waals surface area contributed by atoms with Crippen LogP contribution in [0.15, 0.2) is 24.3 Å². The van der Waals surface area contributed by atoms with Gasteiger partial charge < -0.3 is 20.4 Å². The molecule has 15 nitrogen and oxygen atoms in total. The molecule has 15 heteroatoms. The fourth-order valence-corrected chi connectivity index (χ4v) is 6.21. The van der Waals surface area contributed by atoms with Gasteiger partial charge in [0.25, 0.3) is 23.3 Å². The number of carbonyl (C=O) groups excluding carboxylic acids is 4. The molecule has 0 aliphatic carbocycles. The number of hydrogen-bond acceptors (Lipinski definition) is 10. The Hall–Kier alpha value is -4.24. The topological polar surface area (TPSA) is 220 Å². The standard InChI is InChI=1S/C24H29N9O6/c25-21-29-18-14(10-32-16(34)6-7-17(32)35)27-22(26)33-11-15(24(38,39)23(18,33)30-21)28-19(36)12-4-1-2-5-13(12)20(37)31-8-3-9-31/h1-2,4-5,14-15,18,38-39H,3,6-11H2,(H6,25,26,27,28,29,30,36)/p+2/t14-,15?,18-,23-/m0/s1. The first-order valence-corrected chi connectivity index (χ1v) is 12.9. The molecule has 39 heavy (non-hydrogen) atoms. The van der Waals surface area contributed by atoms with Gasteiger partial charge in [-0.15, -0.1) is 0 Å². The van der Waals surface area contributed by atoms with Crippen LogP contribution in [0.25, 0.3) is 0 Å². The minimum Gasteiger partial charge on any atom is -0.358 e. The Labute approximate surface area is 222 Å². The fourth-order valence-electron chi connectivity index (χ4n) is 6.21. The molecule has 1 spiro atoms. The molecule has 6 rings (SSSR count). The van der Waals surface area contributed by atoms with Gasteiger partial charge in [0.2, 0.25) is 11.8 Å². The van der Waals surface area contributed by atoms with E-state index in [0.717, 1.165) is 11.3 Å². The summed E-state index contributed by atoms with van der Waals surface area (Å²) in [6, 6.07) is 3.44. The molecule has 4 atom stereocenters. The zero-order valence-corrected chi connectivity index (χ0v) is 21.0. The Bertz CT molecular complexity index is 1340. The van der Waals surface area contributed by atoms with Gasteiger partial charge in [-0.2, -0.15) is 0 Å². The first kappa shape index (κ1) is 25.1. The Morgan fingerprint density at radius 2 is 1.79 bits per heavy atom. The van der Waals surface area contributed by atoms with E-state index in [9.17, 15) is 29.4 Å². The molecule has 5 aliphatic heterocycles. The summed E-state index contributed by atoms with van der Waals surface area (Å²) in [6.45, 7) is 1.01. The lowest BCUT2D eigenvalue weighted by atomic mass is 9.85. The van der Waals surface area contributed by atoms with E-state index in [1.165, 1.54) is 10.6 Å². The van der Waals surface area contributed by atoms with E-state index in [1.54, 1.807) is 23.1 Å². The van der Waals surface area contributed by atoms with Gasteiger partial charge in [-0.25, -0.2) is 9.89 Å². The molecular formula is C24H31N9O6+2. The van der Waals surface area contributed by atoms with Gasteiger partial charge in [-0.3, -0.25) is 45.9 Å². The van der Waals surface area contributed by atoms with Crippen LogP contribution in [0.2, 0.25) is 0 Å². The minimum atomic E-state index is -2.65. The highest BCUT2D eigenvalue weighted by atomic mass is 16.5. The zero-order chi connectivity index (χ0) is 27.7. The lowest BCUT2D eigenvalue weighted by molar-refractivity contribution is -0.674. The number of likely N-dealkylation sites (tertiary alicyclic amines) is 2. The third kappa shape index (κ3) is 3.56. The highest BCUT2D eigenvalue weighted by Gasteiger charge is 2.78. The van der Waals surface area contributed by atoms with Gasteiger partial charge in [0.1, 0.15) is 12.1 Å². The SMILES string of the molecule is NC1=[NH+][C@H]2[C@H](CN3C(=O)CCC3=O)NC(N)=[N+]3CC(NC(=O)c4ccccc4C(=O)N4CCC4)C(O)(O)[C@]23N1. The second kappa shape index (κ2) is 8.64. The number of guanidine groups is 2. The van der Waals surface area contributed by atoms with Crippen LogP contribution in [-0.2, 0) is 9.59 Å². The van der Waals surface area contributed by atoms with Crippen molar-refractivity contribution in [1.82, 2.24) is 25.8 Å². The van der Waals surface area contributed by atoms with Crippen molar-refractivity contribution in [3.8, 4) is 0 Å². The number of hydrogen-bond donors (Lipinski definition) is 8. The molecule has 0 aromatic heterocycles. The van der Waals surface area contributed by atoms with E-state index in [4.69, 9.17) is 11.5 Å². The molecule has 3 saturated heterocycles. The summed E-state index contributed by atoms with van der Waals surface area (Å²) in [7, 11) is 0. The van der Waals surface area contributed by atoms with Gasteiger partial charge in [-0.1, -0.05) is 12.1 Å². The summed E-state index contributed by atoms with van der Waals surface area (Å²) in [5, 5.41) is 31.9. The number of rotatable bonds is 5. The molecule has 1 unspecified atom stereocenters. The molecule has 0 radical (unpaired) electrons. The van der Waals surface area contributed by atoms with Gasteiger partial charge in [0, 0.05) is 25.9 Å². The third-order valence-corrected chi connectivity index (χ3v) is 8.34. The number of imide groups is 1. The Kier molecular flexibility index (Phi) is 5.55. The van der Waals surface area contributed by atoms with Crippen molar-refractivity contribution in [2.75, 3.05) is 26.2 Å². The third-order valence-electron chi connectivity index (χ3n) is 8.34. The number of carbonyl (C=O) groups is 4. The highest BCUT2D eigenvalue weighted by Crippen LogP contribution is 2.38. The van der Waals surface area contributed by atoms with E-state index < -0.39 is 35.5 Å². The summed E-state index contributed by atoms with van der Waals surface area (Å²) in [4.78, 5) is 56.6. The van der Waals surface area contributed by atoms with Crippen molar-refractivity contribution in [1.29, 1.82) is 0 Å².